The lowest BCUT2D eigenvalue weighted by atomic mass is 9.89. The Bertz CT molecular complexity index is 4620. The van der Waals surface area contributed by atoms with Gasteiger partial charge in [-0.15, -0.1) is 0 Å². The zero-order valence-corrected chi connectivity index (χ0v) is 94.8. The highest BCUT2D eigenvalue weighted by molar-refractivity contribution is 9.11. The van der Waals surface area contributed by atoms with Crippen LogP contribution in [0.2, 0.25) is 0 Å². The molecule has 20 nitrogen and oxygen atoms in total. The van der Waals surface area contributed by atoms with Gasteiger partial charge in [0.05, 0.1) is 93.6 Å². The summed E-state index contributed by atoms with van der Waals surface area (Å²) in [6.07, 6.45) is 50.8. The number of benzene rings is 6. The first-order valence-electron chi connectivity index (χ1n) is 51.9. The van der Waals surface area contributed by atoms with Crippen molar-refractivity contribution in [2.24, 2.45) is 0 Å². The molecule has 6 aromatic rings. The van der Waals surface area contributed by atoms with Crippen molar-refractivity contribution in [3.63, 3.8) is 0 Å². The van der Waals surface area contributed by atoms with E-state index in [9.17, 15) is 61.0 Å². The molecule has 834 valence electrons. The van der Waals surface area contributed by atoms with E-state index in [0.717, 1.165) is 236 Å². The summed E-state index contributed by atoms with van der Waals surface area (Å²) in [6.45, 7) is 39.5. The van der Waals surface area contributed by atoms with Crippen LogP contribution < -0.4 is 21.9 Å². The SMILES string of the molecule is C.C.C.CC.CCC/C=C/B1OC(C)(C)C(C)(C)O1.CCC/C=C/c1cc(/C=C/CCC)c(N)c(C(=O)OC)c1.CCCCCc1cc(CCCCC)c(F)c(C(=O)OC)c1.CCCCCc1cc(CCCCC)c(N)c(C(=O)OC)c1.CCCCCc1cc(CCCCC)c([N+]#N)c(C(=O)OC)c1.CCCCCc1cc(CO)c(F)c(CCCCC)c1.CCOC(C)=O.COC(=O)c1cc(Br)cc(Br)c1N.FB(F)F.[F-]. The van der Waals surface area contributed by atoms with E-state index in [2.05, 4.69) is 181 Å². The number of carbonyl (C=O) groups is 6. The van der Waals surface area contributed by atoms with Gasteiger partial charge in [0.15, 0.2) is 10.5 Å². The first-order chi connectivity index (χ1) is 68.2. The Hall–Kier alpha value is -9.27. The lowest BCUT2D eigenvalue weighted by Gasteiger charge is -2.32. The molecule has 1 saturated heterocycles. The number of hydrogen-bond acceptors (Lipinski definition) is 19. The molecule has 1 aliphatic heterocycles. The van der Waals surface area contributed by atoms with Crippen molar-refractivity contribution >= 4 is 117 Å². The standard InChI is InChI=1S/C18H27FO2.C18H27N2O2.C18H29NO2.C18H25NO2.C17H27FO.C11H21BO2.C8H7Br2NO2.C4H8O2.C2H6.3CH4.BF3.FH/c1-4-6-8-10-14-12-15(11-9-7-5-2)17(19)16(13-14)18(20)21-3;1-4-6-8-10-14-12-15(11-9-7-5-2)17(20-19)16(13-14)18(21)22-3;2*1-4-6-8-10-14-12-15(11-9-7-5-2)17(19)16(13-14)18(20)21-3;1-3-5-7-9-14-11-15(10-8-6-4-2)17(18)16(12-14)13-19;1-6-7-8-9-12-13-10(2,3)11(4,5)14-12;1-13-8(12)5-2-4(9)3-6(10)7(5)11;1-3-6-4(2)5;1-2;;;;2-1(3)4;/h12-13H,4-11H2,1-3H3;12-13H,4-11H2,1-3H3;12-13H,4-11,19H2,1-3H3;8-13H,4-7,19H2,1-3H3;11-12,19H,3-10,13H2,1-2H3;8-9H,6-7H2,1-5H3;2-3H,11H2,1H3;3H2,1-2H3;1-2H3;3*1H4;;1H/q;+1;;;;;;;;;;;;/p-1/b;;;10-8+,11-9+;;9-8+;;;;;;;;. The van der Waals surface area contributed by atoms with Gasteiger partial charge in [-0.1, -0.05) is 311 Å². The average Bonchev–Trinajstić information content (AvgIpc) is 1.65. The Morgan fingerprint density at radius 3 is 1.10 bits per heavy atom. The number of methoxy groups -OCH3 is 5. The summed E-state index contributed by atoms with van der Waals surface area (Å²) >= 11 is 6.48. The first-order valence-corrected chi connectivity index (χ1v) is 53.5. The van der Waals surface area contributed by atoms with Gasteiger partial charge >= 0.3 is 56.2 Å². The lowest BCUT2D eigenvalue weighted by Crippen LogP contribution is -3.00. The van der Waals surface area contributed by atoms with E-state index in [4.69, 9.17) is 45.5 Å². The van der Waals surface area contributed by atoms with Gasteiger partial charge in [0, 0.05) is 32.7 Å². The maximum atomic E-state index is 14.4. The number of unbranched alkanes of at least 4 members (excludes halogenated alkanes) is 19. The third kappa shape index (κ3) is 63.5. The number of anilines is 3. The second-order valence-electron chi connectivity index (χ2n) is 35.4. The van der Waals surface area contributed by atoms with Crippen LogP contribution in [-0.2, 0) is 100 Å². The van der Waals surface area contributed by atoms with Gasteiger partial charge in [-0.25, -0.2) is 32.8 Å². The van der Waals surface area contributed by atoms with E-state index in [0.29, 0.717) is 73.6 Å². The summed E-state index contributed by atoms with van der Waals surface area (Å²) in [5.41, 5.74) is 31.3. The van der Waals surface area contributed by atoms with Gasteiger partial charge in [-0.05, 0) is 271 Å². The van der Waals surface area contributed by atoms with Crippen molar-refractivity contribution in [3.05, 3.63) is 212 Å². The maximum absolute atomic E-state index is 14.4. The number of aliphatic hydroxyl groups is 1. The molecule has 0 unspecified atom stereocenters. The Morgan fingerprint density at radius 1 is 0.415 bits per heavy atom. The zero-order valence-electron chi connectivity index (χ0n) is 91.6. The fourth-order valence-electron chi connectivity index (χ4n) is 14.4. The van der Waals surface area contributed by atoms with E-state index in [-0.39, 0.29) is 75.2 Å². The number of ether oxygens (including phenoxy) is 6. The summed E-state index contributed by atoms with van der Waals surface area (Å²) in [6, 6.07) is 22.5. The topological polar surface area (TPSA) is 303 Å². The largest absolute Gasteiger partial charge is 1.00 e. The van der Waals surface area contributed by atoms with Crippen molar-refractivity contribution in [2.45, 2.75) is 416 Å². The highest BCUT2D eigenvalue weighted by atomic mass is 79.9. The number of carbonyl (C=O) groups excluding carboxylic acids is 6. The highest BCUT2D eigenvalue weighted by Crippen LogP contribution is 2.38. The fraction of sp³-hybridized carbons (Fsp3) is 0.590. The third-order valence-electron chi connectivity index (χ3n) is 23.1. The molecule has 30 heteroatoms. The molecule has 7 rings (SSSR count). The number of aryl methyl sites for hydroxylation is 8. The molecule has 0 spiro atoms. The van der Waals surface area contributed by atoms with Gasteiger partial charge < -0.3 is 64.7 Å². The summed E-state index contributed by atoms with van der Waals surface area (Å²) in [5, 5.41) is 18.6. The van der Waals surface area contributed by atoms with E-state index < -0.39 is 37.2 Å². The van der Waals surface area contributed by atoms with E-state index in [1.165, 1.54) is 98.5 Å². The van der Waals surface area contributed by atoms with Crippen LogP contribution in [0.25, 0.3) is 17.1 Å². The molecule has 0 radical (unpaired) electrons. The third-order valence-corrected chi connectivity index (χ3v) is 24.2. The quantitative estimate of drug-likeness (QED) is 0.00525. The van der Waals surface area contributed by atoms with Crippen molar-refractivity contribution < 1.29 is 98.0 Å². The molecule has 0 atom stereocenters. The number of esters is 6. The maximum Gasteiger partial charge on any atom is 0.762 e. The van der Waals surface area contributed by atoms with E-state index in [1.807, 2.05) is 62.3 Å². The molecule has 1 aliphatic rings. The summed E-state index contributed by atoms with van der Waals surface area (Å²) in [5.74, 6) is -1.000. The number of nitrogens with two attached hydrogens (primary N) is 3. The molecule has 0 aromatic heterocycles. The van der Waals surface area contributed by atoms with Gasteiger partial charge in [-0.2, -0.15) is 0 Å². The second kappa shape index (κ2) is 91.7. The van der Waals surface area contributed by atoms with Crippen LogP contribution in [0.1, 0.15) is 459 Å². The zero-order chi connectivity index (χ0) is 109. The molecular formula is C117H189B2Br2F6N5O15. The molecular weight excluding hydrogens is 2010 g/mol. The number of hydrogen-bond donors (Lipinski definition) is 4. The summed E-state index contributed by atoms with van der Waals surface area (Å²) in [7, 11) is 2.89. The molecule has 1 fully saturated rings. The normalized spacial score (nSPS) is 11.4. The Kier molecular flexibility index (Phi) is 94.0. The smallest absolute Gasteiger partial charge is 0.762 e. The molecule has 1 heterocycles. The van der Waals surface area contributed by atoms with Crippen LogP contribution in [0.15, 0.2) is 106 Å². The Morgan fingerprint density at radius 2 is 0.728 bits per heavy atom. The first kappa shape index (κ1) is 151. The number of nitrogen functional groups attached to an aromatic ring is 3. The molecule has 147 heavy (non-hydrogen) atoms. The predicted octanol–water partition coefficient (Wildman–Crippen LogP) is 31.4. The number of rotatable bonds is 48. The van der Waals surface area contributed by atoms with Crippen LogP contribution >= 0.6 is 31.9 Å². The molecule has 0 bridgehead atoms. The van der Waals surface area contributed by atoms with Gasteiger partial charge in [0.1, 0.15) is 11.6 Å². The van der Waals surface area contributed by atoms with Crippen LogP contribution in [-0.4, -0.2) is 109 Å². The Labute approximate surface area is 901 Å². The molecule has 0 amide bonds. The fourth-order valence-corrected chi connectivity index (χ4v) is 15.7. The lowest BCUT2D eigenvalue weighted by molar-refractivity contribution is -0.140. The number of allylic oxidation sites excluding steroid dienone is 3. The summed E-state index contributed by atoms with van der Waals surface area (Å²) in [4.78, 5) is 71.8. The van der Waals surface area contributed by atoms with Crippen LogP contribution in [0.5, 0.6) is 0 Å². The minimum atomic E-state index is -3.67. The Balaban J connectivity index is -0.000000305. The number of diazo groups is 1. The minimum absolute atomic E-state index is 0. The van der Waals surface area contributed by atoms with E-state index >= 15 is 0 Å². The second-order valence-corrected chi connectivity index (χ2v) is 37.2. The monoisotopic (exact) mass is 2200 g/mol. The molecule has 7 N–H and O–H groups in total. The van der Waals surface area contributed by atoms with Crippen LogP contribution in [0.4, 0.5) is 44.5 Å². The van der Waals surface area contributed by atoms with Gasteiger partial charge in [0.2, 0.25) is 5.39 Å². The van der Waals surface area contributed by atoms with Crippen LogP contribution in [0.3, 0.4) is 0 Å². The van der Waals surface area contributed by atoms with Gasteiger partial charge in [0.25, 0.3) is 0 Å². The molecule has 0 saturated carbocycles. The minimum Gasteiger partial charge on any atom is -1.00 e. The van der Waals surface area contributed by atoms with Gasteiger partial charge in [-0.3, -0.25) is 17.7 Å². The number of nitrogens with zero attached hydrogens (tertiary/aromatic N) is 2. The summed E-state index contributed by atoms with van der Waals surface area (Å²) < 4.78 is 98.7. The highest BCUT2D eigenvalue weighted by Gasteiger charge is 2.50. The number of halogens is 8. The van der Waals surface area contributed by atoms with E-state index in [1.54, 1.807) is 37.3 Å². The average molecular weight is 2200 g/mol. The van der Waals surface area contributed by atoms with Crippen LogP contribution in [0, 0.1) is 17.0 Å². The molecule has 6 aromatic carbocycles. The van der Waals surface area contributed by atoms with Crippen molar-refractivity contribution in [2.75, 3.05) is 59.4 Å². The van der Waals surface area contributed by atoms with Crippen molar-refractivity contribution in [3.8, 4) is 0 Å². The molecule has 0 aliphatic carbocycles. The van der Waals surface area contributed by atoms with Crippen molar-refractivity contribution in [1.29, 1.82) is 5.39 Å². The van der Waals surface area contributed by atoms with Crippen molar-refractivity contribution in [1.82, 2.24) is 0 Å². The predicted molar refractivity (Wildman–Crippen MR) is 611 cm³/mol. The number of aliphatic hydroxyl groups excluding tert-OH is 1.